The Bertz CT molecular complexity index is 181. The smallest absolute Gasteiger partial charge is 0.305 e. The maximum atomic E-state index is 10.5. The van der Waals surface area contributed by atoms with Crippen molar-refractivity contribution in [1.29, 1.82) is 0 Å². The summed E-state index contributed by atoms with van der Waals surface area (Å²) in [6.07, 6.45) is 7.66. The lowest BCUT2D eigenvalue weighted by atomic mass is 10.2. The third-order valence-corrected chi connectivity index (χ3v) is 2.58. The Kier molecular flexibility index (Phi) is 6.61. The molecule has 0 spiro atoms. The Labute approximate surface area is 96.3 Å². The highest BCUT2D eigenvalue weighted by atomic mass is 16.5. The van der Waals surface area contributed by atoms with Crippen molar-refractivity contribution in [2.45, 2.75) is 51.4 Å². The second-order valence-electron chi connectivity index (χ2n) is 4.06. The molecule has 16 heavy (non-hydrogen) atoms. The molecule has 0 atom stereocenters. The summed E-state index contributed by atoms with van der Waals surface area (Å²) >= 11 is 0. The normalized spacial score (nSPS) is 21.8. The SMILES string of the molecule is O=C1CCCCCO1.O=C1CCCCCO1. The maximum absolute atomic E-state index is 10.5. The summed E-state index contributed by atoms with van der Waals surface area (Å²) in [5.41, 5.74) is 0. The van der Waals surface area contributed by atoms with Gasteiger partial charge in [0.05, 0.1) is 13.2 Å². The molecule has 0 saturated carbocycles. The van der Waals surface area contributed by atoms with Crippen molar-refractivity contribution in [2.24, 2.45) is 0 Å². The first kappa shape index (κ1) is 13.0. The average molecular weight is 228 g/mol. The molecule has 0 N–H and O–H groups in total. The number of ether oxygens (including phenoxy) is 2. The molecule has 0 aromatic rings. The summed E-state index contributed by atoms with van der Waals surface area (Å²) in [6.45, 7) is 1.28. The Morgan fingerprint density at radius 3 is 1.50 bits per heavy atom. The van der Waals surface area contributed by atoms with Gasteiger partial charge in [-0.05, 0) is 38.5 Å². The summed E-state index contributed by atoms with van der Waals surface area (Å²) in [5.74, 6) is -0.0509. The van der Waals surface area contributed by atoms with Crippen molar-refractivity contribution in [1.82, 2.24) is 0 Å². The molecule has 0 amide bonds. The molecule has 92 valence electrons. The van der Waals surface area contributed by atoms with Crippen LogP contribution in [-0.4, -0.2) is 25.2 Å². The second-order valence-corrected chi connectivity index (χ2v) is 4.06. The highest BCUT2D eigenvalue weighted by molar-refractivity contribution is 5.69. The Balaban J connectivity index is 0.000000160. The van der Waals surface area contributed by atoms with Gasteiger partial charge in [-0.3, -0.25) is 9.59 Å². The minimum Gasteiger partial charge on any atom is -0.466 e. The van der Waals surface area contributed by atoms with Gasteiger partial charge in [0.1, 0.15) is 0 Å². The molecule has 2 aliphatic heterocycles. The monoisotopic (exact) mass is 228 g/mol. The van der Waals surface area contributed by atoms with Crippen LogP contribution in [0.15, 0.2) is 0 Å². The standard InChI is InChI=1S/2C6H10O2/c2*7-6-4-2-1-3-5-8-6/h2*1-5H2. The van der Waals surface area contributed by atoms with Crippen LogP contribution in [0.3, 0.4) is 0 Å². The Morgan fingerprint density at radius 2 is 1.06 bits per heavy atom. The summed E-state index contributed by atoms with van der Waals surface area (Å²) in [4.78, 5) is 20.9. The largest absolute Gasteiger partial charge is 0.466 e. The maximum Gasteiger partial charge on any atom is 0.305 e. The highest BCUT2D eigenvalue weighted by Gasteiger charge is 2.06. The molecule has 0 aromatic carbocycles. The van der Waals surface area contributed by atoms with Crippen LogP contribution in [0.25, 0.3) is 0 Å². The second kappa shape index (κ2) is 8.13. The minimum atomic E-state index is -0.0255. The number of esters is 2. The molecular formula is C12H20O4. The molecular weight excluding hydrogens is 208 g/mol. The van der Waals surface area contributed by atoms with E-state index in [4.69, 9.17) is 9.47 Å². The van der Waals surface area contributed by atoms with Crippen molar-refractivity contribution in [3.63, 3.8) is 0 Å². The molecule has 0 aliphatic carbocycles. The van der Waals surface area contributed by atoms with Gasteiger partial charge in [0.15, 0.2) is 0 Å². The molecule has 2 saturated heterocycles. The lowest BCUT2D eigenvalue weighted by molar-refractivity contribution is -0.143. The summed E-state index contributed by atoms with van der Waals surface area (Å²) in [7, 11) is 0. The zero-order chi connectivity index (χ0) is 11.6. The molecule has 0 unspecified atom stereocenters. The Hall–Kier alpha value is -1.06. The van der Waals surface area contributed by atoms with Gasteiger partial charge < -0.3 is 9.47 Å². The molecule has 4 nitrogen and oxygen atoms in total. The lowest BCUT2D eigenvalue weighted by Crippen LogP contribution is -2.00. The van der Waals surface area contributed by atoms with Crippen LogP contribution < -0.4 is 0 Å². The van der Waals surface area contributed by atoms with E-state index < -0.39 is 0 Å². The molecule has 0 aromatic heterocycles. The first-order valence-electron chi connectivity index (χ1n) is 6.10. The highest BCUT2D eigenvalue weighted by Crippen LogP contribution is 2.07. The van der Waals surface area contributed by atoms with Crippen LogP contribution >= 0.6 is 0 Å². The fraction of sp³-hybridized carbons (Fsp3) is 0.833. The van der Waals surface area contributed by atoms with E-state index >= 15 is 0 Å². The quantitative estimate of drug-likeness (QED) is 0.596. The summed E-state index contributed by atoms with van der Waals surface area (Å²) < 4.78 is 9.53. The number of hydrogen-bond acceptors (Lipinski definition) is 4. The van der Waals surface area contributed by atoms with Crippen LogP contribution in [0.1, 0.15) is 51.4 Å². The van der Waals surface area contributed by atoms with E-state index in [0.717, 1.165) is 38.5 Å². The van der Waals surface area contributed by atoms with Gasteiger partial charge in [-0.15, -0.1) is 0 Å². The molecule has 0 bridgehead atoms. The number of rotatable bonds is 0. The molecule has 2 heterocycles. The van der Waals surface area contributed by atoms with Crippen LogP contribution in [0.5, 0.6) is 0 Å². The van der Waals surface area contributed by atoms with Crippen molar-refractivity contribution in [2.75, 3.05) is 13.2 Å². The molecule has 2 fully saturated rings. The average Bonchev–Trinajstić information content (AvgIpc) is 2.64. The zero-order valence-electron chi connectivity index (χ0n) is 9.70. The fourth-order valence-electron chi connectivity index (χ4n) is 1.61. The van der Waals surface area contributed by atoms with Gasteiger partial charge in [-0.2, -0.15) is 0 Å². The predicted octanol–water partition coefficient (Wildman–Crippen LogP) is 2.21. The number of hydrogen-bond donors (Lipinski definition) is 0. The van der Waals surface area contributed by atoms with Gasteiger partial charge in [-0.25, -0.2) is 0 Å². The van der Waals surface area contributed by atoms with Crippen molar-refractivity contribution in [3.05, 3.63) is 0 Å². The van der Waals surface area contributed by atoms with E-state index in [1.165, 1.54) is 0 Å². The van der Waals surface area contributed by atoms with Crippen LogP contribution in [-0.2, 0) is 19.1 Å². The van der Waals surface area contributed by atoms with Gasteiger partial charge in [-0.1, -0.05) is 0 Å². The molecule has 2 aliphatic rings. The Morgan fingerprint density at radius 1 is 0.625 bits per heavy atom. The van der Waals surface area contributed by atoms with Crippen LogP contribution in [0.4, 0.5) is 0 Å². The minimum absolute atomic E-state index is 0.0255. The van der Waals surface area contributed by atoms with E-state index in [9.17, 15) is 9.59 Å². The van der Waals surface area contributed by atoms with E-state index in [-0.39, 0.29) is 11.9 Å². The number of carbonyl (C=O) groups excluding carboxylic acids is 2. The van der Waals surface area contributed by atoms with E-state index in [1.54, 1.807) is 0 Å². The van der Waals surface area contributed by atoms with Crippen LogP contribution in [0.2, 0.25) is 0 Å². The van der Waals surface area contributed by atoms with Crippen molar-refractivity contribution in [3.8, 4) is 0 Å². The van der Waals surface area contributed by atoms with Crippen molar-refractivity contribution < 1.29 is 19.1 Å². The van der Waals surface area contributed by atoms with Crippen LogP contribution in [0, 0.1) is 0 Å². The van der Waals surface area contributed by atoms with E-state index in [0.29, 0.717) is 26.1 Å². The van der Waals surface area contributed by atoms with Crippen molar-refractivity contribution >= 4 is 11.9 Å². The third-order valence-electron chi connectivity index (χ3n) is 2.58. The molecule has 4 heteroatoms. The van der Waals surface area contributed by atoms with Gasteiger partial charge in [0.25, 0.3) is 0 Å². The van der Waals surface area contributed by atoms with E-state index in [1.807, 2.05) is 0 Å². The van der Waals surface area contributed by atoms with Gasteiger partial charge in [0.2, 0.25) is 0 Å². The topological polar surface area (TPSA) is 52.6 Å². The first-order valence-corrected chi connectivity index (χ1v) is 6.10. The number of carbonyl (C=O) groups is 2. The molecule has 0 radical (unpaired) electrons. The zero-order valence-corrected chi connectivity index (χ0v) is 9.70. The van der Waals surface area contributed by atoms with E-state index in [2.05, 4.69) is 0 Å². The summed E-state index contributed by atoms with van der Waals surface area (Å²) in [6, 6.07) is 0. The predicted molar refractivity (Wildman–Crippen MR) is 58.9 cm³/mol. The summed E-state index contributed by atoms with van der Waals surface area (Å²) in [5, 5.41) is 0. The first-order chi connectivity index (χ1) is 7.79. The van der Waals surface area contributed by atoms with Gasteiger partial charge in [0, 0.05) is 12.8 Å². The number of cyclic esters (lactones) is 2. The fourth-order valence-corrected chi connectivity index (χ4v) is 1.61. The van der Waals surface area contributed by atoms with Gasteiger partial charge >= 0.3 is 11.9 Å². The lowest BCUT2D eigenvalue weighted by Gasteiger charge is -1.93. The molecule has 2 rings (SSSR count). The third kappa shape index (κ3) is 6.43.